The minimum atomic E-state index is 0.554. The molecule has 0 bridgehead atoms. The molecule has 0 spiro atoms. The molecule has 74 valence electrons. The van der Waals surface area contributed by atoms with Crippen LogP contribution in [0.4, 0.5) is 5.69 Å². The molecule has 2 nitrogen and oxygen atoms in total. The molecule has 0 fully saturated rings. The standard InChI is InChI=1S/C11H12ClNO/c1-14-11-6-5-9(8-10(11)13)4-2-3-7-12/h5-6,8H,3,7,13H2,1H3. The summed E-state index contributed by atoms with van der Waals surface area (Å²) in [4.78, 5) is 0. The molecule has 1 rings (SSSR count). The lowest BCUT2D eigenvalue weighted by Crippen LogP contribution is -1.92. The molecule has 0 saturated carbocycles. The van der Waals surface area contributed by atoms with E-state index in [1.165, 1.54) is 0 Å². The Kier molecular flexibility index (Phi) is 4.15. The number of hydrogen-bond acceptors (Lipinski definition) is 2. The van der Waals surface area contributed by atoms with Gasteiger partial charge in [0.05, 0.1) is 12.8 Å². The van der Waals surface area contributed by atoms with Gasteiger partial charge in [-0.15, -0.1) is 11.6 Å². The lowest BCUT2D eigenvalue weighted by Gasteiger charge is -2.03. The predicted octanol–water partition coefficient (Wildman–Crippen LogP) is 2.26. The van der Waals surface area contributed by atoms with Crippen LogP contribution in [0.2, 0.25) is 0 Å². The fourth-order valence-corrected chi connectivity index (χ4v) is 1.12. The van der Waals surface area contributed by atoms with Gasteiger partial charge in [-0.05, 0) is 18.2 Å². The van der Waals surface area contributed by atoms with E-state index in [4.69, 9.17) is 22.1 Å². The Morgan fingerprint density at radius 1 is 1.50 bits per heavy atom. The van der Waals surface area contributed by atoms with Gasteiger partial charge in [-0.25, -0.2) is 0 Å². The molecule has 1 aromatic carbocycles. The third-order valence-corrected chi connectivity index (χ3v) is 1.87. The van der Waals surface area contributed by atoms with E-state index in [0.717, 1.165) is 5.56 Å². The molecule has 0 saturated heterocycles. The summed E-state index contributed by atoms with van der Waals surface area (Å²) in [5.41, 5.74) is 7.20. The van der Waals surface area contributed by atoms with Crippen molar-refractivity contribution in [1.29, 1.82) is 0 Å². The highest BCUT2D eigenvalue weighted by molar-refractivity contribution is 6.18. The Morgan fingerprint density at radius 3 is 2.86 bits per heavy atom. The monoisotopic (exact) mass is 209 g/mol. The normalized spacial score (nSPS) is 9.00. The first kappa shape index (κ1) is 10.7. The number of rotatable bonds is 2. The van der Waals surface area contributed by atoms with E-state index in [2.05, 4.69) is 11.8 Å². The fraction of sp³-hybridized carbons (Fsp3) is 0.273. The van der Waals surface area contributed by atoms with Gasteiger partial charge in [0.1, 0.15) is 5.75 Å². The number of alkyl halides is 1. The minimum Gasteiger partial charge on any atom is -0.495 e. The van der Waals surface area contributed by atoms with Gasteiger partial charge in [-0.1, -0.05) is 11.8 Å². The molecule has 0 aliphatic carbocycles. The van der Waals surface area contributed by atoms with E-state index in [-0.39, 0.29) is 0 Å². The number of anilines is 1. The average Bonchev–Trinajstić information content (AvgIpc) is 2.18. The lowest BCUT2D eigenvalue weighted by molar-refractivity contribution is 0.417. The highest BCUT2D eigenvalue weighted by Gasteiger charge is 1.97. The Hall–Kier alpha value is -1.33. The number of methoxy groups -OCH3 is 1. The van der Waals surface area contributed by atoms with Gasteiger partial charge in [0, 0.05) is 17.9 Å². The Balaban J connectivity index is 2.82. The van der Waals surface area contributed by atoms with Crippen molar-refractivity contribution in [1.82, 2.24) is 0 Å². The molecular formula is C11H12ClNO. The topological polar surface area (TPSA) is 35.2 Å². The largest absolute Gasteiger partial charge is 0.495 e. The van der Waals surface area contributed by atoms with E-state index in [9.17, 15) is 0 Å². The van der Waals surface area contributed by atoms with Crippen LogP contribution in [0.3, 0.4) is 0 Å². The number of nitrogen functional groups attached to an aromatic ring is 1. The first-order valence-electron chi connectivity index (χ1n) is 4.26. The zero-order chi connectivity index (χ0) is 10.4. The molecule has 14 heavy (non-hydrogen) atoms. The molecule has 3 heteroatoms. The van der Waals surface area contributed by atoms with Crippen molar-refractivity contribution in [2.75, 3.05) is 18.7 Å². The average molecular weight is 210 g/mol. The summed E-state index contributed by atoms with van der Waals surface area (Å²) >= 11 is 5.50. The molecule has 0 atom stereocenters. The van der Waals surface area contributed by atoms with Gasteiger partial charge in [0.25, 0.3) is 0 Å². The predicted molar refractivity (Wildman–Crippen MR) is 59.6 cm³/mol. The molecule has 0 heterocycles. The molecule has 0 unspecified atom stereocenters. The van der Waals surface area contributed by atoms with Crippen molar-refractivity contribution in [3.8, 4) is 17.6 Å². The minimum absolute atomic E-state index is 0.554. The summed E-state index contributed by atoms with van der Waals surface area (Å²) in [5.74, 6) is 7.13. The van der Waals surface area contributed by atoms with Crippen LogP contribution >= 0.6 is 11.6 Å². The SMILES string of the molecule is COc1ccc(C#CCCCl)cc1N. The molecule has 0 aliphatic heterocycles. The van der Waals surface area contributed by atoms with Crippen molar-refractivity contribution >= 4 is 17.3 Å². The van der Waals surface area contributed by atoms with Crippen molar-refractivity contribution in [2.24, 2.45) is 0 Å². The Labute approximate surface area is 89.0 Å². The van der Waals surface area contributed by atoms with E-state index < -0.39 is 0 Å². The van der Waals surface area contributed by atoms with Crippen LogP contribution in [-0.2, 0) is 0 Å². The highest BCUT2D eigenvalue weighted by atomic mass is 35.5. The fourth-order valence-electron chi connectivity index (χ4n) is 1.02. The number of hydrogen-bond donors (Lipinski definition) is 1. The second-order valence-corrected chi connectivity index (χ2v) is 3.08. The van der Waals surface area contributed by atoms with Crippen molar-refractivity contribution in [2.45, 2.75) is 6.42 Å². The maximum atomic E-state index is 5.72. The van der Waals surface area contributed by atoms with Gasteiger partial charge in [-0.3, -0.25) is 0 Å². The summed E-state index contributed by atoms with van der Waals surface area (Å²) < 4.78 is 5.03. The van der Waals surface area contributed by atoms with Crippen LogP contribution in [0.5, 0.6) is 5.75 Å². The summed E-state index contributed by atoms with van der Waals surface area (Å²) in [7, 11) is 1.59. The Bertz CT molecular complexity index is 365. The molecule has 1 aromatic rings. The maximum absolute atomic E-state index is 5.72. The zero-order valence-electron chi connectivity index (χ0n) is 8.01. The first-order chi connectivity index (χ1) is 6.77. The smallest absolute Gasteiger partial charge is 0.141 e. The first-order valence-corrected chi connectivity index (χ1v) is 4.79. The number of halogens is 1. The van der Waals surface area contributed by atoms with Crippen molar-refractivity contribution in [3.05, 3.63) is 23.8 Å². The molecule has 0 aliphatic rings. The summed E-state index contributed by atoms with van der Waals surface area (Å²) in [5, 5.41) is 0. The molecular weight excluding hydrogens is 198 g/mol. The third kappa shape index (κ3) is 2.86. The molecule has 0 amide bonds. The zero-order valence-corrected chi connectivity index (χ0v) is 8.77. The summed E-state index contributed by atoms with van der Waals surface area (Å²) in [6, 6.07) is 5.47. The maximum Gasteiger partial charge on any atom is 0.141 e. The van der Waals surface area contributed by atoms with Crippen LogP contribution in [-0.4, -0.2) is 13.0 Å². The van der Waals surface area contributed by atoms with Gasteiger partial charge < -0.3 is 10.5 Å². The van der Waals surface area contributed by atoms with E-state index in [1.54, 1.807) is 19.2 Å². The van der Waals surface area contributed by atoms with E-state index >= 15 is 0 Å². The van der Waals surface area contributed by atoms with Crippen molar-refractivity contribution < 1.29 is 4.74 Å². The van der Waals surface area contributed by atoms with Crippen LogP contribution in [0.1, 0.15) is 12.0 Å². The van der Waals surface area contributed by atoms with Crippen molar-refractivity contribution in [3.63, 3.8) is 0 Å². The van der Waals surface area contributed by atoms with E-state index in [0.29, 0.717) is 23.7 Å². The quantitative estimate of drug-likeness (QED) is 0.461. The van der Waals surface area contributed by atoms with Gasteiger partial charge in [0.2, 0.25) is 0 Å². The third-order valence-electron chi connectivity index (χ3n) is 1.68. The van der Waals surface area contributed by atoms with Crippen LogP contribution in [0.25, 0.3) is 0 Å². The number of nitrogens with two attached hydrogens (primary N) is 1. The summed E-state index contributed by atoms with van der Waals surface area (Å²) in [6.45, 7) is 0. The second-order valence-electron chi connectivity index (χ2n) is 2.70. The molecule has 2 N–H and O–H groups in total. The highest BCUT2D eigenvalue weighted by Crippen LogP contribution is 2.21. The second kappa shape index (κ2) is 5.41. The lowest BCUT2D eigenvalue weighted by atomic mass is 10.2. The Morgan fingerprint density at radius 2 is 2.29 bits per heavy atom. The van der Waals surface area contributed by atoms with Crippen LogP contribution in [0.15, 0.2) is 18.2 Å². The van der Waals surface area contributed by atoms with Gasteiger partial charge in [-0.2, -0.15) is 0 Å². The molecule has 0 aromatic heterocycles. The number of ether oxygens (including phenoxy) is 1. The van der Waals surface area contributed by atoms with E-state index in [1.807, 2.05) is 6.07 Å². The number of benzene rings is 1. The molecule has 0 radical (unpaired) electrons. The van der Waals surface area contributed by atoms with Crippen LogP contribution < -0.4 is 10.5 Å². The summed E-state index contributed by atoms with van der Waals surface area (Å²) in [6.07, 6.45) is 0.688. The van der Waals surface area contributed by atoms with Crippen LogP contribution in [0, 0.1) is 11.8 Å². The van der Waals surface area contributed by atoms with Gasteiger partial charge in [0.15, 0.2) is 0 Å². The van der Waals surface area contributed by atoms with Gasteiger partial charge >= 0.3 is 0 Å².